The third-order valence-corrected chi connectivity index (χ3v) is 4.80. The van der Waals surface area contributed by atoms with E-state index >= 15 is 0 Å². The lowest BCUT2D eigenvalue weighted by Gasteiger charge is -2.35. The molecule has 90 valence electrons. The lowest BCUT2D eigenvalue weighted by molar-refractivity contribution is 0.267. The molecule has 2 unspecified atom stereocenters. The molecule has 0 bridgehead atoms. The first kappa shape index (κ1) is 12.2. The van der Waals surface area contributed by atoms with Crippen LogP contribution in [0.4, 0.5) is 0 Å². The molecule has 0 aromatic heterocycles. The van der Waals surface area contributed by atoms with Gasteiger partial charge in [-0.15, -0.1) is 0 Å². The Morgan fingerprint density at radius 1 is 1.41 bits per heavy atom. The van der Waals surface area contributed by atoms with Gasteiger partial charge >= 0.3 is 0 Å². The van der Waals surface area contributed by atoms with Gasteiger partial charge in [0, 0.05) is 0 Å². The topological polar surface area (TPSA) is 23.8 Å². The van der Waals surface area contributed by atoms with Crippen molar-refractivity contribution in [1.82, 2.24) is 0 Å². The first-order chi connectivity index (χ1) is 8.17. The van der Waals surface area contributed by atoms with Gasteiger partial charge in [-0.2, -0.15) is 5.26 Å². The summed E-state index contributed by atoms with van der Waals surface area (Å²) in [6.45, 7) is 6.92. The van der Waals surface area contributed by atoms with Gasteiger partial charge in [-0.25, -0.2) is 0 Å². The van der Waals surface area contributed by atoms with Gasteiger partial charge in [-0.05, 0) is 53.9 Å². The number of hydrogen-bond acceptors (Lipinski definition) is 1. The van der Waals surface area contributed by atoms with E-state index in [1.807, 2.05) is 6.07 Å². The number of aryl methyl sites for hydroxylation is 1. The van der Waals surface area contributed by atoms with E-state index in [1.165, 1.54) is 36.8 Å². The molecule has 0 fully saturated rings. The molecule has 17 heavy (non-hydrogen) atoms. The van der Waals surface area contributed by atoms with E-state index in [1.54, 1.807) is 0 Å². The fraction of sp³-hybridized carbons (Fsp3) is 0.562. The van der Waals surface area contributed by atoms with Crippen molar-refractivity contribution in [1.29, 1.82) is 5.26 Å². The molecule has 0 saturated heterocycles. The van der Waals surface area contributed by atoms with Crippen LogP contribution in [0.3, 0.4) is 0 Å². The second kappa shape index (κ2) is 4.53. The van der Waals surface area contributed by atoms with Crippen LogP contribution >= 0.6 is 0 Å². The van der Waals surface area contributed by atoms with Crippen molar-refractivity contribution >= 4 is 0 Å². The lowest BCUT2D eigenvalue weighted by Crippen LogP contribution is -2.30. The van der Waals surface area contributed by atoms with Crippen LogP contribution in [-0.4, -0.2) is 0 Å². The zero-order valence-corrected chi connectivity index (χ0v) is 11.1. The minimum Gasteiger partial charge on any atom is -0.192 e. The normalized spacial score (nSPS) is 24.1. The summed E-state index contributed by atoms with van der Waals surface area (Å²) in [6.07, 6.45) is 4.83. The van der Waals surface area contributed by atoms with Crippen LogP contribution < -0.4 is 0 Å². The van der Waals surface area contributed by atoms with Crippen LogP contribution in [0.5, 0.6) is 0 Å². The molecule has 2 atom stereocenters. The zero-order chi connectivity index (χ0) is 12.5. The molecule has 0 saturated carbocycles. The minimum absolute atomic E-state index is 0.316. The molecule has 0 aliphatic heterocycles. The summed E-state index contributed by atoms with van der Waals surface area (Å²) in [5, 5.41) is 9.06. The standard InChI is InChI=1S/C16H21N/c1-4-12(3)16(5-2)9-8-14-7-6-13(11-17)10-15(14)16/h6-7,10,12H,4-5,8-9H2,1-3H3. The second-order valence-electron chi connectivity index (χ2n) is 5.30. The first-order valence-electron chi connectivity index (χ1n) is 6.71. The van der Waals surface area contributed by atoms with E-state index in [2.05, 4.69) is 39.0 Å². The number of fused-ring (bicyclic) bond motifs is 1. The van der Waals surface area contributed by atoms with Crippen molar-refractivity contribution in [2.75, 3.05) is 0 Å². The van der Waals surface area contributed by atoms with Crippen molar-refractivity contribution in [3.8, 4) is 6.07 Å². The SMILES string of the molecule is CCC(C)C1(CC)CCc2ccc(C#N)cc21. The first-order valence-corrected chi connectivity index (χ1v) is 6.71. The van der Waals surface area contributed by atoms with Crippen molar-refractivity contribution in [3.05, 3.63) is 34.9 Å². The molecule has 1 nitrogen and oxygen atoms in total. The fourth-order valence-electron chi connectivity index (χ4n) is 3.44. The lowest BCUT2D eigenvalue weighted by atomic mass is 9.69. The van der Waals surface area contributed by atoms with Crippen molar-refractivity contribution in [2.45, 2.75) is 51.9 Å². The number of nitriles is 1. The molecular formula is C16H21N. The van der Waals surface area contributed by atoms with Crippen LogP contribution in [0, 0.1) is 17.2 Å². The number of hydrogen-bond donors (Lipinski definition) is 0. The van der Waals surface area contributed by atoms with Crippen LogP contribution in [-0.2, 0) is 11.8 Å². The van der Waals surface area contributed by atoms with Gasteiger partial charge < -0.3 is 0 Å². The monoisotopic (exact) mass is 227 g/mol. The Labute approximate surface area is 104 Å². The highest BCUT2D eigenvalue weighted by atomic mass is 14.4. The highest BCUT2D eigenvalue weighted by molar-refractivity contribution is 5.46. The maximum atomic E-state index is 9.06. The summed E-state index contributed by atoms with van der Waals surface area (Å²) < 4.78 is 0. The summed E-state index contributed by atoms with van der Waals surface area (Å²) in [6, 6.07) is 8.53. The van der Waals surface area contributed by atoms with Gasteiger partial charge in [0.1, 0.15) is 0 Å². The number of rotatable bonds is 3. The average Bonchev–Trinajstić information content (AvgIpc) is 2.76. The molecule has 0 N–H and O–H groups in total. The highest BCUT2D eigenvalue weighted by Gasteiger charge is 2.40. The maximum absolute atomic E-state index is 9.06. The van der Waals surface area contributed by atoms with Crippen molar-refractivity contribution in [2.24, 2.45) is 5.92 Å². The minimum atomic E-state index is 0.316. The summed E-state index contributed by atoms with van der Waals surface area (Å²) in [4.78, 5) is 0. The highest BCUT2D eigenvalue weighted by Crippen LogP contribution is 2.48. The molecule has 1 aliphatic carbocycles. The second-order valence-corrected chi connectivity index (χ2v) is 5.30. The number of benzene rings is 1. The van der Waals surface area contributed by atoms with E-state index in [-0.39, 0.29) is 0 Å². The van der Waals surface area contributed by atoms with Gasteiger partial charge in [0.15, 0.2) is 0 Å². The van der Waals surface area contributed by atoms with Gasteiger partial charge in [0.2, 0.25) is 0 Å². The largest absolute Gasteiger partial charge is 0.192 e. The third kappa shape index (κ3) is 1.76. The van der Waals surface area contributed by atoms with Gasteiger partial charge in [0.05, 0.1) is 11.6 Å². The van der Waals surface area contributed by atoms with E-state index in [9.17, 15) is 0 Å². The summed E-state index contributed by atoms with van der Waals surface area (Å²) in [5.74, 6) is 0.697. The Morgan fingerprint density at radius 3 is 2.76 bits per heavy atom. The smallest absolute Gasteiger partial charge is 0.0991 e. The summed E-state index contributed by atoms with van der Waals surface area (Å²) >= 11 is 0. The molecule has 0 spiro atoms. The van der Waals surface area contributed by atoms with E-state index in [4.69, 9.17) is 5.26 Å². The molecule has 1 heteroatoms. The molecule has 0 heterocycles. The Bertz CT molecular complexity index is 455. The molecule has 0 amide bonds. The third-order valence-electron chi connectivity index (χ3n) is 4.80. The molecule has 2 rings (SSSR count). The van der Waals surface area contributed by atoms with Crippen LogP contribution in [0.25, 0.3) is 0 Å². The Hall–Kier alpha value is -1.29. The van der Waals surface area contributed by atoms with E-state index < -0.39 is 0 Å². The van der Waals surface area contributed by atoms with Crippen LogP contribution in [0.15, 0.2) is 18.2 Å². The summed E-state index contributed by atoms with van der Waals surface area (Å²) in [7, 11) is 0. The average molecular weight is 227 g/mol. The van der Waals surface area contributed by atoms with Gasteiger partial charge in [-0.3, -0.25) is 0 Å². The summed E-state index contributed by atoms with van der Waals surface area (Å²) in [5.41, 5.74) is 4.04. The molecular weight excluding hydrogens is 206 g/mol. The molecule has 0 radical (unpaired) electrons. The Morgan fingerprint density at radius 2 is 2.18 bits per heavy atom. The fourth-order valence-corrected chi connectivity index (χ4v) is 3.44. The maximum Gasteiger partial charge on any atom is 0.0991 e. The Balaban J connectivity index is 2.53. The van der Waals surface area contributed by atoms with Crippen molar-refractivity contribution in [3.63, 3.8) is 0 Å². The molecule has 1 aromatic rings. The van der Waals surface area contributed by atoms with Gasteiger partial charge in [-0.1, -0.05) is 33.3 Å². The van der Waals surface area contributed by atoms with Gasteiger partial charge in [0.25, 0.3) is 0 Å². The van der Waals surface area contributed by atoms with E-state index in [0.29, 0.717) is 11.3 Å². The van der Waals surface area contributed by atoms with Crippen molar-refractivity contribution < 1.29 is 0 Å². The predicted octanol–water partition coefficient (Wildman–Crippen LogP) is 4.20. The quantitative estimate of drug-likeness (QED) is 0.759. The predicted molar refractivity (Wildman–Crippen MR) is 70.9 cm³/mol. The molecule has 1 aliphatic rings. The van der Waals surface area contributed by atoms with Crippen LogP contribution in [0.1, 0.15) is 56.7 Å². The number of nitrogens with zero attached hydrogens (tertiary/aromatic N) is 1. The van der Waals surface area contributed by atoms with Crippen LogP contribution in [0.2, 0.25) is 0 Å². The Kier molecular flexibility index (Phi) is 3.24. The van der Waals surface area contributed by atoms with E-state index in [0.717, 1.165) is 5.56 Å². The molecule has 1 aromatic carbocycles. The zero-order valence-electron chi connectivity index (χ0n) is 11.1.